The Morgan fingerprint density at radius 1 is 1.37 bits per heavy atom. The van der Waals surface area contributed by atoms with Gasteiger partial charge in [-0.1, -0.05) is 12.1 Å². The summed E-state index contributed by atoms with van der Waals surface area (Å²) < 4.78 is 5.45. The predicted octanol–water partition coefficient (Wildman–Crippen LogP) is 2.96. The largest absolute Gasteiger partial charge is 0.447 e. The summed E-state index contributed by atoms with van der Waals surface area (Å²) >= 11 is 0. The molecule has 2 rings (SSSR count). The van der Waals surface area contributed by atoms with Crippen molar-refractivity contribution in [2.24, 2.45) is 0 Å². The molecule has 0 unspecified atom stereocenters. The fraction of sp³-hybridized carbons (Fsp3) is 0.0769. The molecule has 0 bridgehead atoms. The molecular weight excluding hydrogens is 246 g/mol. The van der Waals surface area contributed by atoms with E-state index in [9.17, 15) is 10.1 Å². The van der Waals surface area contributed by atoms with Crippen LogP contribution in [-0.2, 0) is 0 Å². The summed E-state index contributed by atoms with van der Waals surface area (Å²) in [6.07, 6.45) is 2.81. The Labute approximate surface area is 109 Å². The number of ether oxygens (including phenoxy) is 1. The van der Waals surface area contributed by atoms with Gasteiger partial charge in [0.1, 0.15) is 6.07 Å². The highest BCUT2D eigenvalue weighted by Gasteiger charge is 2.19. The van der Waals surface area contributed by atoms with Crippen LogP contribution in [0, 0.1) is 28.4 Å². The molecule has 1 aromatic carbocycles. The van der Waals surface area contributed by atoms with Gasteiger partial charge in [-0.15, -0.1) is 0 Å². The van der Waals surface area contributed by atoms with Gasteiger partial charge < -0.3 is 4.74 Å². The number of nitriles is 1. The molecule has 0 radical (unpaired) electrons. The number of rotatable bonds is 3. The van der Waals surface area contributed by atoms with Crippen molar-refractivity contribution >= 4 is 5.69 Å². The number of nitro groups is 1. The van der Waals surface area contributed by atoms with Crippen LogP contribution >= 0.6 is 0 Å². The van der Waals surface area contributed by atoms with E-state index in [1.807, 2.05) is 6.07 Å². The summed E-state index contributed by atoms with van der Waals surface area (Å²) in [4.78, 5) is 14.4. The van der Waals surface area contributed by atoms with Crippen molar-refractivity contribution in [2.45, 2.75) is 6.92 Å². The monoisotopic (exact) mass is 255 g/mol. The Balaban J connectivity index is 2.48. The summed E-state index contributed by atoms with van der Waals surface area (Å²) in [6, 6.07) is 8.19. The molecular formula is C13H9N3O3. The topological polar surface area (TPSA) is 89.0 Å². The Hall–Kier alpha value is -2.94. The van der Waals surface area contributed by atoms with Gasteiger partial charge in [0.05, 0.1) is 16.7 Å². The van der Waals surface area contributed by atoms with Crippen LogP contribution in [0.3, 0.4) is 0 Å². The first-order valence-electron chi connectivity index (χ1n) is 5.39. The van der Waals surface area contributed by atoms with Crippen LogP contribution in [0.4, 0.5) is 5.69 Å². The van der Waals surface area contributed by atoms with E-state index in [0.717, 1.165) is 0 Å². The van der Waals surface area contributed by atoms with Gasteiger partial charge >= 0.3 is 5.69 Å². The number of hydrogen-bond acceptors (Lipinski definition) is 5. The second kappa shape index (κ2) is 5.14. The van der Waals surface area contributed by atoms with Crippen molar-refractivity contribution in [3.8, 4) is 17.6 Å². The molecule has 0 amide bonds. The highest BCUT2D eigenvalue weighted by molar-refractivity contribution is 5.54. The molecule has 0 saturated carbocycles. The smallest absolute Gasteiger partial charge is 0.314 e. The summed E-state index contributed by atoms with van der Waals surface area (Å²) in [6.45, 7) is 1.62. The standard InChI is InChI=1S/C13H9N3O3/c1-9-3-2-4-11(13(9)16(17)18)19-12-8-15-6-5-10(12)7-14/h2-6,8H,1H3. The van der Waals surface area contributed by atoms with Crippen molar-refractivity contribution in [1.29, 1.82) is 5.26 Å². The molecule has 0 aliphatic heterocycles. The second-order valence-corrected chi connectivity index (χ2v) is 3.76. The highest BCUT2D eigenvalue weighted by atomic mass is 16.6. The number of benzene rings is 1. The minimum absolute atomic E-state index is 0.0921. The van der Waals surface area contributed by atoms with E-state index < -0.39 is 4.92 Å². The van der Waals surface area contributed by atoms with Crippen LogP contribution in [0.15, 0.2) is 36.7 Å². The SMILES string of the molecule is Cc1cccc(Oc2cnccc2C#N)c1[N+](=O)[O-]. The maximum atomic E-state index is 11.0. The maximum Gasteiger partial charge on any atom is 0.314 e. The van der Waals surface area contributed by atoms with E-state index in [1.165, 1.54) is 24.5 Å². The van der Waals surface area contributed by atoms with E-state index in [-0.39, 0.29) is 22.7 Å². The number of aromatic nitrogens is 1. The average Bonchev–Trinajstić information content (AvgIpc) is 2.39. The van der Waals surface area contributed by atoms with Gasteiger partial charge in [-0.3, -0.25) is 15.1 Å². The highest BCUT2D eigenvalue weighted by Crippen LogP contribution is 2.34. The lowest BCUT2D eigenvalue weighted by atomic mass is 10.2. The van der Waals surface area contributed by atoms with Crippen LogP contribution in [-0.4, -0.2) is 9.91 Å². The quantitative estimate of drug-likeness (QED) is 0.621. The van der Waals surface area contributed by atoms with E-state index in [4.69, 9.17) is 10.00 Å². The minimum Gasteiger partial charge on any atom is -0.447 e. The van der Waals surface area contributed by atoms with Gasteiger partial charge in [-0.2, -0.15) is 5.26 Å². The Morgan fingerprint density at radius 3 is 2.84 bits per heavy atom. The summed E-state index contributed by atoms with van der Waals surface area (Å²) in [5.74, 6) is 0.285. The van der Waals surface area contributed by atoms with Crippen molar-refractivity contribution < 1.29 is 9.66 Å². The second-order valence-electron chi connectivity index (χ2n) is 3.76. The Bertz CT molecular complexity index is 677. The maximum absolute atomic E-state index is 11.0. The lowest BCUT2D eigenvalue weighted by Gasteiger charge is -2.08. The van der Waals surface area contributed by atoms with Gasteiger partial charge in [0, 0.05) is 11.8 Å². The number of nitro benzene ring substituents is 1. The van der Waals surface area contributed by atoms with E-state index in [1.54, 1.807) is 19.1 Å². The molecule has 0 N–H and O–H groups in total. The van der Waals surface area contributed by atoms with Gasteiger partial charge in [-0.05, 0) is 19.1 Å². The fourth-order valence-electron chi connectivity index (χ4n) is 1.62. The first-order valence-corrected chi connectivity index (χ1v) is 5.39. The average molecular weight is 255 g/mol. The van der Waals surface area contributed by atoms with Crippen molar-refractivity contribution in [2.75, 3.05) is 0 Å². The summed E-state index contributed by atoms with van der Waals surface area (Å²) in [7, 11) is 0. The first kappa shape index (κ1) is 12.5. The zero-order chi connectivity index (χ0) is 13.8. The Morgan fingerprint density at radius 2 is 2.16 bits per heavy atom. The van der Waals surface area contributed by atoms with Crippen LogP contribution in [0.1, 0.15) is 11.1 Å². The van der Waals surface area contributed by atoms with E-state index in [2.05, 4.69) is 4.98 Å². The van der Waals surface area contributed by atoms with Gasteiger partial charge in [-0.25, -0.2) is 0 Å². The lowest BCUT2D eigenvalue weighted by Crippen LogP contribution is -1.97. The molecule has 1 aromatic heterocycles. The third-order valence-corrected chi connectivity index (χ3v) is 2.51. The molecule has 0 atom stereocenters. The molecule has 2 aromatic rings. The van der Waals surface area contributed by atoms with E-state index in [0.29, 0.717) is 5.56 Å². The van der Waals surface area contributed by atoms with E-state index >= 15 is 0 Å². The summed E-state index contributed by atoms with van der Waals surface area (Å²) in [5.41, 5.74) is 0.644. The molecule has 19 heavy (non-hydrogen) atoms. The normalized spacial score (nSPS) is 9.68. The Kier molecular flexibility index (Phi) is 3.39. The molecule has 94 valence electrons. The molecule has 6 nitrogen and oxygen atoms in total. The first-order chi connectivity index (χ1) is 9.13. The molecule has 1 heterocycles. The summed E-state index contributed by atoms with van der Waals surface area (Å²) in [5, 5.41) is 20.0. The fourth-order valence-corrected chi connectivity index (χ4v) is 1.62. The van der Waals surface area contributed by atoms with Crippen LogP contribution < -0.4 is 4.74 Å². The van der Waals surface area contributed by atoms with Gasteiger partial charge in [0.25, 0.3) is 0 Å². The number of pyridine rings is 1. The lowest BCUT2D eigenvalue weighted by molar-refractivity contribution is -0.386. The predicted molar refractivity (Wildman–Crippen MR) is 66.9 cm³/mol. The van der Waals surface area contributed by atoms with Gasteiger partial charge in [0.15, 0.2) is 5.75 Å². The zero-order valence-corrected chi connectivity index (χ0v) is 10.0. The third kappa shape index (κ3) is 2.50. The molecule has 0 saturated heterocycles. The molecule has 0 spiro atoms. The molecule has 0 aliphatic carbocycles. The van der Waals surface area contributed by atoms with Crippen LogP contribution in [0.2, 0.25) is 0 Å². The molecule has 0 fully saturated rings. The van der Waals surface area contributed by atoms with Crippen molar-refractivity contribution in [3.05, 3.63) is 57.9 Å². The molecule has 6 heteroatoms. The van der Waals surface area contributed by atoms with Crippen LogP contribution in [0.5, 0.6) is 11.5 Å². The van der Waals surface area contributed by atoms with Crippen molar-refractivity contribution in [1.82, 2.24) is 4.98 Å². The zero-order valence-electron chi connectivity index (χ0n) is 10.0. The number of nitrogens with zero attached hydrogens (tertiary/aromatic N) is 3. The number of para-hydroxylation sites is 1. The third-order valence-electron chi connectivity index (χ3n) is 2.51. The van der Waals surface area contributed by atoms with Crippen molar-refractivity contribution in [3.63, 3.8) is 0 Å². The minimum atomic E-state index is -0.507. The number of aryl methyl sites for hydroxylation is 1. The van der Waals surface area contributed by atoms with Gasteiger partial charge in [0.2, 0.25) is 5.75 Å². The van der Waals surface area contributed by atoms with Crippen LogP contribution in [0.25, 0.3) is 0 Å². The number of hydrogen-bond donors (Lipinski definition) is 0. The molecule has 0 aliphatic rings.